The first-order valence-electron chi connectivity index (χ1n) is 9.81. The van der Waals surface area contributed by atoms with Gasteiger partial charge in [0.15, 0.2) is 17.2 Å². The van der Waals surface area contributed by atoms with E-state index in [4.69, 9.17) is 17.3 Å². The van der Waals surface area contributed by atoms with Gasteiger partial charge in [-0.15, -0.1) is 0 Å². The summed E-state index contributed by atoms with van der Waals surface area (Å²) in [5.74, 6) is -8.41. The van der Waals surface area contributed by atoms with Crippen LogP contribution in [-0.2, 0) is 20.0 Å². The number of ketones is 2. The molecular weight excluding hydrogens is 444 g/mol. The number of primary amides is 1. The minimum Gasteiger partial charge on any atom is -0.872 e. The summed E-state index contributed by atoms with van der Waals surface area (Å²) in [7, 11) is 2.90. The summed E-state index contributed by atoms with van der Waals surface area (Å²) in [6.07, 6.45) is -0.327. The van der Waals surface area contributed by atoms with E-state index in [0.29, 0.717) is 0 Å². The molecule has 3 aliphatic rings. The molecule has 172 valence electrons. The van der Waals surface area contributed by atoms with Crippen LogP contribution in [0.5, 0.6) is 5.75 Å². The van der Waals surface area contributed by atoms with E-state index >= 15 is 0 Å². The van der Waals surface area contributed by atoms with Crippen molar-refractivity contribution in [1.29, 1.82) is 0 Å². The van der Waals surface area contributed by atoms with Crippen LogP contribution in [-0.4, -0.2) is 74.1 Å². The molecule has 0 aromatic heterocycles. The topological polar surface area (TPSA) is 184 Å². The third kappa shape index (κ3) is 2.31. The van der Waals surface area contributed by atoms with Crippen molar-refractivity contribution in [2.75, 3.05) is 14.1 Å². The van der Waals surface area contributed by atoms with Gasteiger partial charge in [-0.3, -0.25) is 19.3 Å². The normalized spacial score (nSPS) is 38.6. The zero-order valence-corrected chi connectivity index (χ0v) is 18.2. The average molecular weight is 466 g/mol. The van der Waals surface area contributed by atoms with Crippen LogP contribution < -0.4 is 10.8 Å². The van der Waals surface area contributed by atoms with Crippen LogP contribution in [0.4, 0.5) is 0 Å². The number of phenols is 1. The molecule has 0 heterocycles. The Bertz CT molecular complexity index is 1130. The number of nitrogens with zero attached hydrogens (tertiary/aromatic N) is 1. The Hall–Kier alpha value is -2.50. The van der Waals surface area contributed by atoms with Gasteiger partial charge >= 0.3 is 0 Å². The molecular formula is C21H22ClN2O8-. The van der Waals surface area contributed by atoms with E-state index in [1.54, 1.807) is 0 Å². The van der Waals surface area contributed by atoms with Crippen LogP contribution >= 0.6 is 11.6 Å². The highest BCUT2D eigenvalue weighted by molar-refractivity contribution is 6.32. The largest absolute Gasteiger partial charge is 0.872 e. The van der Waals surface area contributed by atoms with E-state index in [1.165, 1.54) is 32.0 Å². The van der Waals surface area contributed by atoms with Crippen molar-refractivity contribution in [3.05, 3.63) is 33.9 Å². The number of aromatic hydroxyl groups is 1. The molecule has 1 aromatic rings. The van der Waals surface area contributed by atoms with Crippen LogP contribution in [0.15, 0.2) is 17.7 Å². The lowest BCUT2D eigenvalue weighted by Crippen LogP contribution is -2.70. The summed E-state index contributed by atoms with van der Waals surface area (Å²) in [6, 6.07) is 1.09. The van der Waals surface area contributed by atoms with Gasteiger partial charge in [0.05, 0.1) is 11.6 Å². The number of phenolic OH excluding ortho intramolecular Hbond substituents is 1. The molecule has 0 aliphatic heterocycles. The van der Waals surface area contributed by atoms with Crippen molar-refractivity contribution in [1.82, 2.24) is 4.90 Å². The van der Waals surface area contributed by atoms with Crippen molar-refractivity contribution in [3.8, 4) is 5.75 Å². The molecule has 3 unspecified atom stereocenters. The Morgan fingerprint density at radius 2 is 1.84 bits per heavy atom. The van der Waals surface area contributed by atoms with Gasteiger partial charge in [0.1, 0.15) is 5.75 Å². The van der Waals surface area contributed by atoms with Crippen molar-refractivity contribution in [2.24, 2.45) is 17.6 Å². The summed E-state index contributed by atoms with van der Waals surface area (Å²) in [5, 5.41) is 57.5. The Morgan fingerprint density at radius 3 is 2.38 bits per heavy atom. The number of fused-ring (bicyclic) bond motifs is 3. The molecule has 1 amide bonds. The van der Waals surface area contributed by atoms with Gasteiger partial charge in [-0.2, -0.15) is 0 Å². The Kier molecular flexibility index (Phi) is 4.62. The fourth-order valence-corrected chi connectivity index (χ4v) is 6.07. The summed E-state index contributed by atoms with van der Waals surface area (Å²) in [4.78, 5) is 40.2. The molecule has 2 saturated carbocycles. The number of carbonyl (C=O) groups excluding carboxylic acids is 3. The van der Waals surface area contributed by atoms with Gasteiger partial charge < -0.3 is 31.3 Å². The lowest BCUT2D eigenvalue weighted by Gasteiger charge is -2.52. The zero-order chi connectivity index (χ0) is 24.1. The number of Topliss-reactive ketones (excluding diaryl/α,β-unsaturated/α-hetero) is 2. The van der Waals surface area contributed by atoms with Crippen molar-refractivity contribution >= 4 is 34.8 Å². The molecule has 3 aliphatic carbocycles. The van der Waals surface area contributed by atoms with Crippen molar-refractivity contribution in [3.63, 3.8) is 0 Å². The number of hydrogen-bond acceptors (Lipinski definition) is 9. The summed E-state index contributed by atoms with van der Waals surface area (Å²) in [6.45, 7) is 1.30. The van der Waals surface area contributed by atoms with Crippen molar-refractivity contribution < 1.29 is 39.9 Å². The van der Waals surface area contributed by atoms with Crippen LogP contribution in [0.2, 0.25) is 5.02 Å². The molecule has 0 saturated heterocycles. The highest BCUT2D eigenvalue weighted by Gasteiger charge is 2.78. The smallest absolute Gasteiger partial charge is 0.260 e. The molecule has 6 atom stereocenters. The monoisotopic (exact) mass is 465 g/mol. The first-order chi connectivity index (χ1) is 14.6. The molecule has 0 spiro atoms. The molecule has 2 fully saturated rings. The lowest BCUT2D eigenvalue weighted by molar-refractivity contribution is -0.249. The second-order valence-corrected chi connectivity index (χ2v) is 9.45. The molecule has 0 radical (unpaired) electrons. The second-order valence-electron chi connectivity index (χ2n) is 9.04. The number of halogens is 1. The zero-order valence-electron chi connectivity index (χ0n) is 17.4. The van der Waals surface area contributed by atoms with Crippen molar-refractivity contribution in [2.45, 2.75) is 36.2 Å². The number of nitrogens with two attached hydrogens (primary N) is 1. The molecule has 0 bridgehead atoms. The number of benzene rings is 1. The van der Waals surface area contributed by atoms with Gasteiger partial charge in [0.25, 0.3) is 5.91 Å². The van der Waals surface area contributed by atoms with E-state index in [0.717, 1.165) is 6.07 Å². The molecule has 6 N–H and O–H groups in total. The number of rotatable bonds is 2. The van der Waals surface area contributed by atoms with E-state index < -0.39 is 74.8 Å². The van der Waals surface area contributed by atoms with Gasteiger partial charge in [-0.05, 0) is 45.1 Å². The van der Waals surface area contributed by atoms with Gasteiger partial charge in [-0.25, -0.2) is 0 Å². The highest BCUT2D eigenvalue weighted by atomic mass is 35.5. The standard InChI is InChI=1S/C21H23ClN2O8/c1-19(30)7-6-8-14(24(2)3)17(28)21(32,18(23)29)20(8,31)16(27)11(7)15(26)12-10(25)5-4-9(22)13(12)19/h4-5,7-8,14,25-26,30-32H,6H2,1-3H3,(H2,23,29)/p-1/t7-,8?,14-,19-,20?,21?/m0/s1. The Balaban J connectivity index is 2.07. The fourth-order valence-electron chi connectivity index (χ4n) is 5.72. The van der Waals surface area contributed by atoms with Crippen LogP contribution in [0, 0.1) is 11.8 Å². The quantitative estimate of drug-likeness (QED) is 0.308. The SMILES string of the molecule is CN(C)[C@@H]1C(=O)C(O)(C(N)=O)C2(O)C(=O)C3=C([O-])c4c(O)ccc(Cl)c4[C@@](C)(O)[C@H]3CC12. The maximum absolute atomic E-state index is 13.6. The van der Waals surface area contributed by atoms with Crippen LogP contribution in [0.25, 0.3) is 5.76 Å². The van der Waals surface area contributed by atoms with E-state index in [1.807, 2.05) is 0 Å². The lowest BCUT2D eigenvalue weighted by atomic mass is 9.57. The number of hydrogen-bond donors (Lipinski definition) is 5. The minimum atomic E-state index is -3.29. The summed E-state index contributed by atoms with van der Waals surface area (Å²) in [5.41, 5.74) is -4.17. The molecule has 11 heteroatoms. The molecule has 10 nitrogen and oxygen atoms in total. The maximum atomic E-state index is 13.6. The van der Waals surface area contributed by atoms with Gasteiger partial charge in [0, 0.05) is 28.0 Å². The van der Waals surface area contributed by atoms with Crippen LogP contribution in [0.3, 0.4) is 0 Å². The number of carbonyl (C=O) groups is 3. The summed E-state index contributed by atoms with van der Waals surface area (Å²) >= 11 is 6.23. The minimum absolute atomic E-state index is 0.0243. The summed E-state index contributed by atoms with van der Waals surface area (Å²) < 4.78 is 0. The molecule has 32 heavy (non-hydrogen) atoms. The van der Waals surface area contributed by atoms with E-state index in [-0.39, 0.29) is 17.0 Å². The highest BCUT2D eigenvalue weighted by Crippen LogP contribution is 2.59. The predicted octanol–water partition coefficient (Wildman–Crippen LogP) is -2.00. The van der Waals surface area contributed by atoms with E-state index in [2.05, 4.69) is 0 Å². The third-order valence-corrected chi connectivity index (χ3v) is 7.54. The van der Waals surface area contributed by atoms with Gasteiger partial charge in [-0.1, -0.05) is 17.4 Å². The average Bonchev–Trinajstić information content (AvgIpc) is 2.87. The number of aliphatic hydroxyl groups is 3. The van der Waals surface area contributed by atoms with Crippen LogP contribution in [0.1, 0.15) is 24.5 Å². The first-order valence-corrected chi connectivity index (χ1v) is 10.2. The predicted molar refractivity (Wildman–Crippen MR) is 108 cm³/mol. The third-order valence-electron chi connectivity index (χ3n) is 7.23. The first kappa shape index (κ1) is 22.7. The number of likely N-dealkylation sites (N-methyl/N-ethyl adjacent to an activating group) is 1. The number of amides is 1. The fraction of sp³-hybridized carbons (Fsp3) is 0.476. The Morgan fingerprint density at radius 1 is 1.25 bits per heavy atom. The second kappa shape index (κ2) is 6.52. The Labute approximate surface area is 187 Å². The molecule has 1 aromatic carbocycles. The maximum Gasteiger partial charge on any atom is 0.260 e. The van der Waals surface area contributed by atoms with Gasteiger partial charge in [0.2, 0.25) is 5.60 Å². The van der Waals surface area contributed by atoms with E-state index in [9.17, 15) is 39.9 Å². The molecule has 4 rings (SSSR count).